The first-order valence-corrected chi connectivity index (χ1v) is 6.66. The number of rotatable bonds is 3. The second kappa shape index (κ2) is 5.03. The summed E-state index contributed by atoms with van der Waals surface area (Å²) in [6, 6.07) is 0. The molecule has 2 aliphatic rings. The molecule has 0 bridgehead atoms. The van der Waals surface area contributed by atoms with Gasteiger partial charge in [0, 0.05) is 24.3 Å². The highest BCUT2D eigenvalue weighted by Gasteiger charge is 2.41. The molecule has 0 fully saturated rings. The highest BCUT2D eigenvalue weighted by Crippen LogP contribution is 2.40. The zero-order chi connectivity index (χ0) is 12.4. The fourth-order valence-corrected chi connectivity index (χ4v) is 3.02. The summed E-state index contributed by atoms with van der Waals surface area (Å²) in [7, 11) is 0. The number of ketones is 1. The first-order valence-electron chi connectivity index (χ1n) is 6.66. The Morgan fingerprint density at radius 3 is 2.59 bits per heavy atom. The monoisotopic (exact) mass is 236 g/mol. The van der Waals surface area contributed by atoms with Crippen LogP contribution in [-0.4, -0.2) is 11.8 Å². The topological polar surface area (TPSA) is 43.4 Å². The predicted octanol–water partition coefficient (Wildman–Crippen LogP) is 2.99. The highest BCUT2D eigenvalue weighted by atomic mass is 16.5. The maximum absolute atomic E-state index is 12.0. The van der Waals surface area contributed by atoms with Gasteiger partial charge >= 0.3 is 5.97 Å². The normalized spacial score (nSPS) is 29.1. The molecule has 0 aromatic carbocycles. The average molecular weight is 236 g/mol. The van der Waals surface area contributed by atoms with Crippen molar-refractivity contribution in [3.05, 3.63) is 11.3 Å². The standard InChI is InChI=1S/C14H20O3/c1-3-6-10-9(4-2)14(16)17-12-8-5-7-11(15)13(10)12/h9-10H,3-8H2,1-2H3/t9-,10-/m1/s1. The van der Waals surface area contributed by atoms with Crippen LogP contribution in [0.1, 0.15) is 52.4 Å². The maximum Gasteiger partial charge on any atom is 0.314 e. The Morgan fingerprint density at radius 2 is 1.94 bits per heavy atom. The van der Waals surface area contributed by atoms with Gasteiger partial charge in [-0.05, 0) is 19.3 Å². The quantitative estimate of drug-likeness (QED) is 0.707. The van der Waals surface area contributed by atoms with Crippen LogP contribution in [0, 0.1) is 11.8 Å². The molecule has 0 unspecified atom stereocenters. The van der Waals surface area contributed by atoms with E-state index >= 15 is 0 Å². The Kier molecular flexibility index (Phi) is 3.65. The van der Waals surface area contributed by atoms with Gasteiger partial charge in [0.05, 0.1) is 5.92 Å². The average Bonchev–Trinajstić information content (AvgIpc) is 2.29. The molecule has 0 aromatic rings. The van der Waals surface area contributed by atoms with Crippen LogP contribution in [0.2, 0.25) is 0 Å². The fraction of sp³-hybridized carbons (Fsp3) is 0.714. The molecule has 17 heavy (non-hydrogen) atoms. The number of Topliss-reactive ketones (excluding diaryl/α,β-unsaturated/α-hetero) is 1. The minimum Gasteiger partial charge on any atom is -0.430 e. The summed E-state index contributed by atoms with van der Waals surface area (Å²) < 4.78 is 5.36. The Balaban J connectivity index is 2.38. The van der Waals surface area contributed by atoms with Crippen molar-refractivity contribution in [3.63, 3.8) is 0 Å². The Labute approximate surface area is 102 Å². The van der Waals surface area contributed by atoms with Gasteiger partial charge in [-0.1, -0.05) is 20.3 Å². The van der Waals surface area contributed by atoms with E-state index in [2.05, 4.69) is 6.92 Å². The number of hydrogen-bond donors (Lipinski definition) is 0. The molecule has 0 N–H and O–H groups in total. The summed E-state index contributed by atoms with van der Waals surface area (Å²) in [4.78, 5) is 23.9. The first kappa shape index (κ1) is 12.3. The van der Waals surface area contributed by atoms with Crippen molar-refractivity contribution in [3.8, 4) is 0 Å². The van der Waals surface area contributed by atoms with E-state index < -0.39 is 0 Å². The summed E-state index contributed by atoms with van der Waals surface area (Å²) in [5.74, 6) is 0.745. The third-order valence-corrected chi connectivity index (χ3v) is 3.83. The van der Waals surface area contributed by atoms with Gasteiger partial charge in [-0.2, -0.15) is 0 Å². The van der Waals surface area contributed by atoms with Gasteiger partial charge in [-0.3, -0.25) is 9.59 Å². The van der Waals surface area contributed by atoms with Crippen molar-refractivity contribution in [2.75, 3.05) is 0 Å². The van der Waals surface area contributed by atoms with Crippen LogP contribution in [0.15, 0.2) is 11.3 Å². The zero-order valence-corrected chi connectivity index (χ0v) is 10.6. The predicted molar refractivity (Wildman–Crippen MR) is 64.2 cm³/mol. The molecule has 1 heterocycles. The molecule has 3 heteroatoms. The highest BCUT2D eigenvalue weighted by molar-refractivity contribution is 5.99. The van der Waals surface area contributed by atoms with Crippen LogP contribution in [0.5, 0.6) is 0 Å². The van der Waals surface area contributed by atoms with E-state index in [1.807, 2.05) is 6.92 Å². The summed E-state index contributed by atoms with van der Waals surface area (Å²) >= 11 is 0. The second-order valence-corrected chi connectivity index (χ2v) is 4.94. The minimum atomic E-state index is -0.126. The molecular weight excluding hydrogens is 216 g/mol. The molecule has 0 saturated heterocycles. The van der Waals surface area contributed by atoms with Gasteiger partial charge in [-0.15, -0.1) is 0 Å². The Hall–Kier alpha value is -1.12. The molecular formula is C14H20O3. The number of ether oxygens (including phenoxy) is 1. The molecule has 3 nitrogen and oxygen atoms in total. The van der Waals surface area contributed by atoms with Crippen LogP contribution in [-0.2, 0) is 14.3 Å². The van der Waals surface area contributed by atoms with E-state index in [1.54, 1.807) is 0 Å². The van der Waals surface area contributed by atoms with Crippen LogP contribution >= 0.6 is 0 Å². The third kappa shape index (κ3) is 2.15. The lowest BCUT2D eigenvalue weighted by molar-refractivity contribution is -0.149. The van der Waals surface area contributed by atoms with Gasteiger partial charge in [0.2, 0.25) is 0 Å². The molecule has 94 valence electrons. The van der Waals surface area contributed by atoms with E-state index in [-0.39, 0.29) is 23.6 Å². The van der Waals surface area contributed by atoms with Gasteiger partial charge in [0.15, 0.2) is 5.78 Å². The molecule has 2 atom stereocenters. The summed E-state index contributed by atoms with van der Waals surface area (Å²) in [5.41, 5.74) is 0.838. The minimum absolute atomic E-state index is 0.106. The van der Waals surface area contributed by atoms with Gasteiger partial charge < -0.3 is 4.74 Å². The molecule has 1 aliphatic carbocycles. The van der Waals surface area contributed by atoms with Crippen molar-refractivity contribution in [1.82, 2.24) is 0 Å². The van der Waals surface area contributed by atoms with E-state index in [0.717, 1.165) is 37.7 Å². The Bertz CT molecular complexity index is 368. The number of carbonyl (C=O) groups excluding carboxylic acids is 2. The smallest absolute Gasteiger partial charge is 0.314 e. The molecule has 0 saturated carbocycles. The lowest BCUT2D eigenvalue weighted by Crippen LogP contribution is -2.36. The van der Waals surface area contributed by atoms with E-state index in [0.29, 0.717) is 12.2 Å². The molecule has 1 aliphatic heterocycles. The molecule has 2 rings (SSSR count). The number of allylic oxidation sites excluding steroid dienone is 2. The number of carbonyl (C=O) groups is 2. The van der Waals surface area contributed by atoms with Crippen LogP contribution < -0.4 is 0 Å². The summed E-state index contributed by atoms with van der Waals surface area (Å²) in [6.45, 7) is 4.09. The lowest BCUT2D eigenvalue weighted by atomic mass is 9.74. The van der Waals surface area contributed by atoms with Crippen LogP contribution in [0.3, 0.4) is 0 Å². The van der Waals surface area contributed by atoms with E-state index in [9.17, 15) is 9.59 Å². The van der Waals surface area contributed by atoms with Gasteiger partial charge in [-0.25, -0.2) is 0 Å². The maximum atomic E-state index is 12.0. The Morgan fingerprint density at radius 1 is 1.18 bits per heavy atom. The fourth-order valence-electron chi connectivity index (χ4n) is 3.02. The van der Waals surface area contributed by atoms with Crippen molar-refractivity contribution in [2.45, 2.75) is 52.4 Å². The number of esters is 1. The lowest BCUT2D eigenvalue weighted by Gasteiger charge is -2.34. The third-order valence-electron chi connectivity index (χ3n) is 3.83. The van der Waals surface area contributed by atoms with E-state index in [4.69, 9.17) is 4.74 Å². The summed E-state index contributed by atoms with van der Waals surface area (Å²) in [5, 5.41) is 0. The molecule has 0 radical (unpaired) electrons. The molecule has 0 spiro atoms. The van der Waals surface area contributed by atoms with Gasteiger partial charge in [0.1, 0.15) is 5.76 Å². The molecule has 0 amide bonds. The van der Waals surface area contributed by atoms with Crippen LogP contribution in [0.4, 0.5) is 0 Å². The van der Waals surface area contributed by atoms with E-state index in [1.165, 1.54) is 0 Å². The van der Waals surface area contributed by atoms with Gasteiger partial charge in [0.25, 0.3) is 0 Å². The molecule has 0 aromatic heterocycles. The SMILES string of the molecule is CCC[C@H]1C2=C(CCCC2=O)OC(=O)[C@@H]1CC. The van der Waals surface area contributed by atoms with Crippen molar-refractivity contribution in [1.29, 1.82) is 0 Å². The summed E-state index contributed by atoms with van der Waals surface area (Å²) in [6.07, 6.45) is 4.86. The largest absolute Gasteiger partial charge is 0.430 e. The van der Waals surface area contributed by atoms with Crippen LogP contribution in [0.25, 0.3) is 0 Å². The second-order valence-electron chi connectivity index (χ2n) is 4.94. The zero-order valence-electron chi connectivity index (χ0n) is 10.6. The van der Waals surface area contributed by atoms with Crippen molar-refractivity contribution in [2.24, 2.45) is 11.8 Å². The first-order chi connectivity index (χ1) is 8.19. The van der Waals surface area contributed by atoms with Crippen molar-refractivity contribution >= 4 is 11.8 Å². The number of hydrogen-bond acceptors (Lipinski definition) is 3. The van der Waals surface area contributed by atoms with Crippen molar-refractivity contribution < 1.29 is 14.3 Å².